The third-order valence-corrected chi connectivity index (χ3v) is 5.35. The van der Waals surface area contributed by atoms with E-state index < -0.39 is 0 Å². The van der Waals surface area contributed by atoms with Gasteiger partial charge in [0, 0.05) is 12.0 Å². The molecule has 5 rings (SSSR count). The van der Waals surface area contributed by atoms with E-state index in [-0.39, 0.29) is 23.9 Å². The van der Waals surface area contributed by atoms with Gasteiger partial charge in [-0.05, 0) is 30.0 Å². The average molecular weight is 372 g/mol. The van der Waals surface area contributed by atoms with Gasteiger partial charge >= 0.3 is 0 Å². The number of benzene rings is 2. The van der Waals surface area contributed by atoms with Crippen molar-refractivity contribution < 1.29 is 13.6 Å². The quantitative estimate of drug-likeness (QED) is 0.530. The van der Waals surface area contributed by atoms with Gasteiger partial charge in [-0.3, -0.25) is 4.79 Å². The van der Waals surface area contributed by atoms with Crippen LogP contribution in [0.25, 0.3) is 22.4 Å². The van der Waals surface area contributed by atoms with Crippen LogP contribution in [0.2, 0.25) is 0 Å². The molecule has 1 unspecified atom stereocenters. The van der Waals surface area contributed by atoms with E-state index in [1.54, 1.807) is 18.2 Å². The number of ketones is 1. The molecule has 4 nitrogen and oxygen atoms in total. The number of nitrogens with two attached hydrogens (primary N) is 1. The van der Waals surface area contributed by atoms with Crippen molar-refractivity contribution in [1.82, 2.24) is 4.98 Å². The maximum atomic E-state index is 14.2. The molecule has 28 heavy (non-hydrogen) atoms. The molecule has 0 spiro atoms. The van der Waals surface area contributed by atoms with E-state index in [2.05, 4.69) is 4.98 Å². The molecule has 4 aromatic rings. The Morgan fingerprint density at radius 3 is 2.57 bits per heavy atom. The molecule has 1 aliphatic rings. The molecular weight excluding hydrogens is 355 g/mol. The number of anilines is 1. The summed E-state index contributed by atoms with van der Waals surface area (Å²) in [5.74, 6) is -0.0182. The van der Waals surface area contributed by atoms with E-state index in [1.807, 2.05) is 36.4 Å². The first-order valence-electron chi connectivity index (χ1n) is 9.16. The minimum Gasteiger partial charge on any atom is -0.438 e. The molecule has 138 valence electrons. The van der Waals surface area contributed by atoms with Gasteiger partial charge in [-0.15, -0.1) is 0 Å². The van der Waals surface area contributed by atoms with Crippen molar-refractivity contribution in [2.45, 2.75) is 18.8 Å². The highest BCUT2D eigenvalue weighted by atomic mass is 19.1. The van der Waals surface area contributed by atoms with Gasteiger partial charge in [0.1, 0.15) is 11.6 Å². The maximum absolute atomic E-state index is 14.2. The molecule has 2 N–H and O–H groups in total. The number of hydrogen-bond acceptors (Lipinski definition) is 4. The Morgan fingerprint density at radius 2 is 1.79 bits per heavy atom. The zero-order valence-corrected chi connectivity index (χ0v) is 15.0. The Bertz CT molecular complexity index is 1210. The smallest absolute Gasteiger partial charge is 0.229 e. The summed E-state index contributed by atoms with van der Waals surface area (Å²) in [6, 6.07) is 18.0. The molecule has 0 radical (unpaired) electrons. The topological polar surface area (TPSA) is 69.1 Å². The van der Waals surface area contributed by atoms with Gasteiger partial charge in [-0.1, -0.05) is 48.5 Å². The maximum Gasteiger partial charge on any atom is 0.229 e. The Morgan fingerprint density at radius 1 is 1.04 bits per heavy atom. The molecule has 2 aromatic carbocycles. The Kier molecular flexibility index (Phi) is 3.76. The number of nitrogen functional groups attached to an aromatic ring is 1. The summed E-state index contributed by atoms with van der Waals surface area (Å²) in [6.45, 7) is 0. The Hall–Kier alpha value is -3.47. The van der Waals surface area contributed by atoms with Crippen molar-refractivity contribution in [2.24, 2.45) is 0 Å². The molecule has 0 fully saturated rings. The standard InChI is InChI=1S/C23H17FN2O2/c24-17-9-5-4-8-15(17)14-10-18-21(19(27)11-14)22(25)16-12-20(28-23(16)26-18)13-6-2-1-3-7-13/h1-9,12,14H,10-11H2,(H2,25,26). The van der Waals surface area contributed by atoms with E-state index in [4.69, 9.17) is 10.2 Å². The summed E-state index contributed by atoms with van der Waals surface area (Å²) in [5, 5.41) is 0.635. The second-order valence-corrected chi connectivity index (χ2v) is 7.09. The monoisotopic (exact) mass is 372 g/mol. The minimum atomic E-state index is -0.304. The van der Waals surface area contributed by atoms with Crippen LogP contribution in [-0.2, 0) is 6.42 Å². The second kappa shape index (κ2) is 6.30. The predicted octanol–water partition coefficient (Wildman–Crippen LogP) is 5.13. The van der Waals surface area contributed by atoms with Crippen molar-refractivity contribution in [1.29, 1.82) is 0 Å². The summed E-state index contributed by atoms with van der Waals surface area (Å²) < 4.78 is 20.2. The van der Waals surface area contributed by atoms with Crippen molar-refractivity contribution >= 4 is 22.6 Å². The Labute approximate surface area is 160 Å². The van der Waals surface area contributed by atoms with Crippen LogP contribution in [0.1, 0.15) is 34.0 Å². The lowest BCUT2D eigenvalue weighted by molar-refractivity contribution is 0.0964. The lowest BCUT2D eigenvalue weighted by atomic mass is 9.80. The molecule has 2 heterocycles. The molecule has 5 heteroatoms. The van der Waals surface area contributed by atoms with Gasteiger partial charge in [0.25, 0.3) is 0 Å². The largest absolute Gasteiger partial charge is 0.438 e. The van der Waals surface area contributed by atoms with Crippen molar-refractivity contribution in [3.63, 3.8) is 0 Å². The van der Waals surface area contributed by atoms with Gasteiger partial charge in [0.2, 0.25) is 5.71 Å². The molecule has 1 aliphatic carbocycles. The number of rotatable bonds is 2. The highest BCUT2D eigenvalue weighted by Gasteiger charge is 2.32. The van der Waals surface area contributed by atoms with Gasteiger partial charge < -0.3 is 10.2 Å². The van der Waals surface area contributed by atoms with Gasteiger partial charge in [0.05, 0.1) is 22.3 Å². The lowest BCUT2D eigenvalue weighted by Crippen LogP contribution is -2.22. The molecule has 0 bridgehead atoms. The summed E-state index contributed by atoms with van der Waals surface area (Å²) >= 11 is 0. The Balaban J connectivity index is 1.62. The first-order chi connectivity index (χ1) is 13.6. The van der Waals surface area contributed by atoms with E-state index in [0.29, 0.717) is 45.8 Å². The number of pyridine rings is 1. The lowest BCUT2D eigenvalue weighted by Gasteiger charge is -2.24. The number of hydrogen-bond donors (Lipinski definition) is 1. The molecule has 2 aromatic heterocycles. The van der Waals surface area contributed by atoms with E-state index in [9.17, 15) is 9.18 Å². The van der Waals surface area contributed by atoms with Gasteiger partial charge in [-0.25, -0.2) is 9.37 Å². The van der Waals surface area contributed by atoms with Crippen LogP contribution < -0.4 is 5.73 Å². The highest BCUT2D eigenvalue weighted by molar-refractivity contribution is 6.09. The summed E-state index contributed by atoms with van der Waals surface area (Å²) in [7, 11) is 0. The summed E-state index contributed by atoms with van der Waals surface area (Å²) in [5.41, 5.74) is 9.59. The zero-order chi connectivity index (χ0) is 19.3. The van der Waals surface area contributed by atoms with Crippen LogP contribution >= 0.6 is 0 Å². The fraction of sp³-hybridized carbons (Fsp3) is 0.130. The molecule has 0 aliphatic heterocycles. The molecule has 0 saturated carbocycles. The number of halogens is 1. The average Bonchev–Trinajstić information content (AvgIpc) is 3.13. The van der Waals surface area contributed by atoms with Crippen LogP contribution in [0.4, 0.5) is 10.1 Å². The summed E-state index contributed by atoms with van der Waals surface area (Å²) in [4.78, 5) is 17.4. The minimum absolute atomic E-state index is 0.108. The van der Waals surface area contributed by atoms with E-state index >= 15 is 0 Å². The predicted molar refractivity (Wildman–Crippen MR) is 106 cm³/mol. The van der Waals surface area contributed by atoms with Crippen molar-refractivity contribution in [3.8, 4) is 11.3 Å². The van der Waals surface area contributed by atoms with E-state index in [1.165, 1.54) is 6.07 Å². The number of nitrogens with zero attached hydrogens (tertiary/aromatic N) is 1. The van der Waals surface area contributed by atoms with Gasteiger partial charge in [-0.2, -0.15) is 0 Å². The van der Waals surface area contributed by atoms with Crippen LogP contribution in [0.15, 0.2) is 65.1 Å². The molecule has 1 atom stereocenters. The fourth-order valence-electron chi connectivity index (χ4n) is 3.99. The first-order valence-corrected chi connectivity index (χ1v) is 9.16. The third-order valence-electron chi connectivity index (χ3n) is 5.35. The number of Topliss-reactive ketones (excluding diaryl/α,β-unsaturated/α-hetero) is 1. The zero-order valence-electron chi connectivity index (χ0n) is 15.0. The number of carbonyl (C=O) groups is 1. The molecular formula is C23H17FN2O2. The number of carbonyl (C=O) groups excluding carboxylic acids is 1. The highest BCUT2D eigenvalue weighted by Crippen LogP contribution is 2.39. The third kappa shape index (κ3) is 2.59. The van der Waals surface area contributed by atoms with Crippen molar-refractivity contribution in [3.05, 3.63) is 83.3 Å². The number of furan rings is 1. The van der Waals surface area contributed by atoms with Crippen LogP contribution in [0.3, 0.4) is 0 Å². The number of fused-ring (bicyclic) bond motifs is 2. The fourth-order valence-corrected chi connectivity index (χ4v) is 3.99. The first kappa shape index (κ1) is 16.7. The van der Waals surface area contributed by atoms with Crippen LogP contribution in [0.5, 0.6) is 0 Å². The SMILES string of the molecule is Nc1c2c(nc3oc(-c4ccccc4)cc13)CC(c1ccccc1F)CC2=O. The van der Waals surface area contributed by atoms with E-state index in [0.717, 1.165) is 5.56 Å². The van der Waals surface area contributed by atoms with Crippen LogP contribution in [-0.4, -0.2) is 10.8 Å². The van der Waals surface area contributed by atoms with Crippen molar-refractivity contribution in [2.75, 3.05) is 5.73 Å². The second-order valence-electron chi connectivity index (χ2n) is 7.09. The molecule has 0 saturated heterocycles. The molecule has 0 amide bonds. The number of aromatic nitrogens is 1. The van der Waals surface area contributed by atoms with Crippen LogP contribution in [0, 0.1) is 5.82 Å². The normalized spacial score (nSPS) is 16.3. The summed E-state index contributed by atoms with van der Waals surface area (Å²) in [6.07, 6.45) is 0.665. The van der Waals surface area contributed by atoms with Gasteiger partial charge in [0.15, 0.2) is 5.78 Å².